The van der Waals surface area contributed by atoms with E-state index in [2.05, 4.69) is 10.2 Å². The molecular weight excluding hydrogens is 334 g/mol. The van der Waals surface area contributed by atoms with E-state index in [1.165, 1.54) is 0 Å². The number of carbonyl (C=O) groups excluding carboxylic acids is 2. The van der Waals surface area contributed by atoms with Crippen molar-refractivity contribution in [2.24, 2.45) is 0 Å². The number of nitrogens with one attached hydrogen (secondary N) is 1. The highest BCUT2D eigenvalue weighted by molar-refractivity contribution is 7.08. The lowest BCUT2D eigenvalue weighted by Gasteiger charge is -2.34. The Morgan fingerprint density at radius 2 is 1.76 bits per heavy atom. The summed E-state index contributed by atoms with van der Waals surface area (Å²) in [6.07, 6.45) is 0.473. The zero-order valence-electron chi connectivity index (χ0n) is 14.2. The molecule has 1 aromatic heterocycles. The highest BCUT2D eigenvalue weighted by Crippen LogP contribution is 2.10. The maximum absolute atomic E-state index is 12.3. The number of hydrogen-bond donors (Lipinski definition) is 1. The van der Waals surface area contributed by atoms with E-state index in [0.29, 0.717) is 32.6 Å². The van der Waals surface area contributed by atoms with E-state index in [1.54, 1.807) is 11.3 Å². The molecule has 1 aliphatic heterocycles. The topological polar surface area (TPSA) is 52.7 Å². The maximum Gasteiger partial charge on any atom is 0.234 e. The first-order valence-corrected chi connectivity index (χ1v) is 9.47. The molecule has 2 aromatic rings. The van der Waals surface area contributed by atoms with Crippen molar-refractivity contribution in [1.82, 2.24) is 15.1 Å². The first kappa shape index (κ1) is 17.6. The molecule has 1 fully saturated rings. The lowest BCUT2D eigenvalue weighted by molar-refractivity contribution is -0.132. The Kier molecular flexibility index (Phi) is 6.19. The van der Waals surface area contributed by atoms with Crippen molar-refractivity contribution in [3.8, 4) is 0 Å². The molecule has 0 aliphatic carbocycles. The number of thiophene rings is 1. The van der Waals surface area contributed by atoms with Crippen LogP contribution < -0.4 is 5.32 Å². The normalized spacial score (nSPS) is 15.1. The van der Waals surface area contributed by atoms with Gasteiger partial charge in [0, 0.05) is 32.7 Å². The van der Waals surface area contributed by atoms with Crippen LogP contribution in [0.15, 0.2) is 47.2 Å². The molecule has 0 unspecified atom stereocenters. The number of carbonyl (C=O) groups is 2. The number of amides is 2. The van der Waals surface area contributed by atoms with E-state index < -0.39 is 0 Å². The van der Waals surface area contributed by atoms with Crippen LogP contribution in [0, 0.1) is 0 Å². The van der Waals surface area contributed by atoms with E-state index in [0.717, 1.165) is 24.2 Å². The van der Waals surface area contributed by atoms with Gasteiger partial charge in [-0.15, -0.1) is 0 Å². The van der Waals surface area contributed by atoms with Crippen LogP contribution in [0.4, 0.5) is 0 Å². The first-order chi connectivity index (χ1) is 12.2. The van der Waals surface area contributed by atoms with Gasteiger partial charge in [-0.3, -0.25) is 14.5 Å². The quantitative estimate of drug-likeness (QED) is 0.857. The van der Waals surface area contributed by atoms with E-state index in [4.69, 9.17) is 0 Å². The minimum atomic E-state index is 0.0295. The second kappa shape index (κ2) is 8.78. The molecule has 25 heavy (non-hydrogen) atoms. The summed E-state index contributed by atoms with van der Waals surface area (Å²) in [7, 11) is 0. The minimum Gasteiger partial charge on any atom is -0.351 e. The summed E-state index contributed by atoms with van der Waals surface area (Å²) in [5.41, 5.74) is 2.18. The summed E-state index contributed by atoms with van der Waals surface area (Å²) in [5, 5.41) is 6.96. The summed E-state index contributed by atoms with van der Waals surface area (Å²) in [4.78, 5) is 28.4. The number of rotatable bonds is 6. The Balaban J connectivity index is 1.37. The van der Waals surface area contributed by atoms with Crippen molar-refractivity contribution in [3.63, 3.8) is 0 Å². The molecule has 0 bridgehead atoms. The highest BCUT2D eigenvalue weighted by Gasteiger charge is 2.22. The van der Waals surface area contributed by atoms with Gasteiger partial charge in [-0.2, -0.15) is 11.3 Å². The summed E-state index contributed by atoms with van der Waals surface area (Å²) < 4.78 is 0. The zero-order chi connectivity index (χ0) is 17.5. The molecule has 5 nitrogen and oxygen atoms in total. The van der Waals surface area contributed by atoms with Crippen LogP contribution >= 0.6 is 11.3 Å². The molecule has 1 aromatic carbocycles. The third kappa shape index (κ3) is 5.41. The third-order valence-corrected chi connectivity index (χ3v) is 5.09. The number of piperazine rings is 1. The Bertz CT molecular complexity index is 680. The molecule has 0 atom stereocenters. The molecule has 6 heteroatoms. The lowest BCUT2D eigenvalue weighted by atomic mass is 10.2. The molecule has 1 N–H and O–H groups in total. The fourth-order valence-electron chi connectivity index (χ4n) is 2.89. The molecule has 1 aliphatic rings. The first-order valence-electron chi connectivity index (χ1n) is 8.52. The van der Waals surface area contributed by atoms with Gasteiger partial charge in [-0.25, -0.2) is 0 Å². The van der Waals surface area contributed by atoms with Crippen LogP contribution in [0.5, 0.6) is 0 Å². The molecule has 2 heterocycles. The van der Waals surface area contributed by atoms with Crippen molar-refractivity contribution in [2.75, 3.05) is 32.7 Å². The van der Waals surface area contributed by atoms with Gasteiger partial charge in [0.15, 0.2) is 0 Å². The summed E-state index contributed by atoms with van der Waals surface area (Å²) >= 11 is 1.61. The van der Waals surface area contributed by atoms with Gasteiger partial charge in [0.1, 0.15) is 0 Å². The van der Waals surface area contributed by atoms with Gasteiger partial charge < -0.3 is 10.2 Å². The van der Waals surface area contributed by atoms with E-state index in [-0.39, 0.29) is 11.8 Å². The smallest absolute Gasteiger partial charge is 0.234 e. The predicted molar refractivity (Wildman–Crippen MR) is 99.3 cm³/mol. The molecular formula is C19H23N3O2S. The molecule has 0 saturated carbocycles. The minimum absolute atomic E-state index is 0.0295. The molecule has 3 rings (SSSR count). The van der Waals surface area contributed by atoms with Crippen molar-refractivity contribution in [1.29, 1.82) is 0 Å². The molecule has 0 radical (unpaired) electrons. The molecule has 2 amide bonds. The van der Waals surface area contributed by atoms with Crippen molar-refractivity contribution in [2.45, 2.75) is 13.0 Å². The van der Waals surface area contributed by atoms with Crippen LogP contribution in [0.1, 0.15) is 11.1 Å². The number of benzene rings is 1. The summed E-state index contributed by atoms with van der Waals surface area (Å²) in [6, 6.07) is 11.9. The van der Waals surface area contributed by atoms with E-state index >= 15 is 0 Å². The number of hydrogen-bond acceptors (Lipinski definition) is 4. The largest absolute Gasteiger partial charge is 0.351 e. The van der Waals surface area contributed by atoms with Gasteiger partial charge in [0.05, 0.1) is 13.0 Å². The van der Waals surface area contributed by atoms with Crippen LogP contribution in [0.2, 0.25) is 0 Å². The van der Waals surface area contributed by atoms with Crippen molar-refractivity contribution >= 4 is 23.2 Å². The van der Waals surface area contributed by atoms with Gasteiger partial charge >= 0.3 is 0 Å². The fraction of sp³-hybridized carbons (Fsp3) is 0.368. The standard InChI is InChI=1S/C19H23N3O2S/c23-18(20-13-16-4-2-1-3-5-16)14-21-7-9-22(10-8-21)19(24)12-17-6-11-25-15-17/h1-6,11,15H,7-10,12-14H2,(H,20,23). The van der Waals surface area contributed by atoms with Gasteiger partial charge in [0.25, 0.3) is 0 Å². The van der Waals surface area contributed by atoms with Gasteiger partial charge in [0.2, 0.25) is 11.8 Å². The van der Waals surface area contributed by atoms with Crippen LogP contribution in [0.25, 0.3) is 0 Å². The Hall–Kier alpha value is -2.18. The fourth-order valence-corrected chi connectivity index (χ4v) is 3.56. The molecule has 1 saturated heterocycles. The van der Waals surface area contributed by atoms with Crippen LogP contribution in [-0.4, -0.2) is 54.3 Å². The second-order valence-corrected chi connectivity index (χ2v) is 7.01. The maximum atomic E-state index is 12.3. The molecule has 0 spiro atoms. The van der Waals surface area contributed by atoms with Crippen LogP contribution in [-0.2, 0) is 22.6 Å². The average Bonchev–Trinajstić information content (AvgIpc) is 3.14. The highest BCUT2D eigenvalue weighted by atomic mass is 32.1. The Labute approximate surface area is 152 Å². The summed E-state index contributed by atoms with van der Waals surface area (Å²) in [5.74, 6) is 0.202. The van der Waals surface area contributed by atoms with E-state index in [9.17, 15) is 9.59 Å². The average molecular weight is 357 g/mol. The Morgan fingerprint density at radius 3 is 2.44 bits per heavy atom. The lowest BCUT2D eigenvalue weighted by Crippen LogP contribution is -2.51. The monoisotopic (exact) mass is 357 g/mol. The predicted octanol–water partition coefficient (Wildman–Crippen LogP) is 1.75. The van der Waals surface area contributed by atoms with Gasteiger partial charge in [-0.1, -0.05) is 30.3 Å². The number of nitrogens with zero attached hydrogens (tertiary/aromatic N) is 2. The third-order valence-electron chi connectivity index (χ3n) is 4.36. The van der Waals surface area contributed by atoms with E-state index in [1.807, 2.05) is 52.1 Å². The second-order valence-electron chi connectivity index (χ2n) is 6.23. The van der Waals surface area contributed by atoms with Crippen molar-refractivity contribution < 1.29 is 9.59 Å². The van der Waals surface area contributed by atoms with Gasteiger partial charge in [-0.05, 0) is 28.0 Å². The zero-order valence-corrected chi connectivity index (χ0v) is 15.0. The summed E-state index contributed by atoms with van der Waals surface area (Å²) in [6.45, 7) is 3.81. The van der Waals surface area contributed by atoms with Crippen molar-refractivity contribution in [3.05, 3.63) is 58.3 Å². The molecule has 132 valence electrons. The Morgan fingerprint density at radius 1 is 1.00 bits per heavy atom. The SMILES string of the molecule is O=C(CN1CCN(C(=O)Cc2ccsc2)CC1)NCc1ccccc1. The van der Waals surface area contributed by atoms with Crippen LogP contribution in [0.3, 0.4) is 0 Å².